The van der Waals surface area contributed by atoms with Crippen LogP contribution in [0.5, 0.6) is 17.2 Å². The van der Waals surface area contributed by atoms with E-state index >= 15 is 0 Å². The van der Waals surface area contributed by atoms with E-state index in [4.69, 9.17) is 9.47 Å². The Bertz CT molecular complexity index is 1610. The Kier molecular flexibility index (Phi) is 7.86. The van der Waals surface area contributed by atoms with Crippen LogP contribution in [0.25, 0.3) is 6.08 Å². The molecule has 2 saturated carbocycles. The van der Waals surface area contributed by atoms with Crippen LogP contribution in [0.3, 0.4) is 0 Å². The molecule has 1 saturated heterocycles. The molecule has 252 valence electrons. The number of carbonyl (C=O) groups excluding carboxylic acids is 2. The number of nitrogens with zero attached hydrogens (tertiary/aromatic N) is 2. The number of likely N-dealkylation sites (tertiary alicyclic amines) is 1. The predicted molar refractivity (Wildman–Crippen MR) is 167 cm³/mol. The zero-order chi connectivity index (χ0) is 33.3. The summed E-state index contributed by atoms with van der Waals surface area (Å²) in [6, 6.07) is 8.76. The van der Waals surface area contributed by atoms with Crippen molar-refractivity contribution in [3.63, 3.8) is 0 Å². The molecule has 2 heterocycles. The number of halogens is 3. The highest BCUT2D eigenvalue weighted by Crippen LogP contribution is 2.66. The zero-order valence-corrected chi connectivity index (χ0v) is 26.9. The van der Waals surface area contributed by atoms with Crippen molar-refractivity contribution in [1.82, 2.24) is 9.80 Å². The van der Waals surface area contributed by atoms with Gasteiger partial charge in [0.25, 0.3) is 0 Å². The Morgan fingerprint density at radius 2 is 1.96 bits per heavy atom. The van der Waals surface area contributed by atoms with Crippen molar-refractivity contribution >= 4 is 18.0 Å². The maximum atomic E-state index is 14.1. The summed E-state index contributed by atoms with van der Waals surface area (Å²) in [7, 11) is 0. The third kappa shape index (κ3) is 5.59. The minimum absolute atomic E-state index is 0.0951. The lowest BCUT2D eigenvalue weighted by atomic mass is 9.48. The number of rotatable bonds is 9. The first-order chi connectivity index (χ1) is 22.3. The first kappa shape index (κ1) is 32.0. The van der Waals surface area contributed by atoms with E-state index in [0.29, 0.717) is 55.2 Å². The number of carbonyl (C=O) groups is 2. The van der Waals surface area contributed by atoms with E-state index < -0.39 is 35.5 Å². The van der Waals surface area contributed by atoms with Gasteiger partial charge >= 0.3 is 12.3 Å². The number of hydrogen-bond donors (Lipinski definition) is 1. The number of amides is 1. The topological polar surface area (TPSA) is 88.5 Å². The second kappa shape index (κ2) is 11.5. The van der Waals surface area contributed by atoms with Crippen molar-refractivity contribution in [1.29, 1.82) is 0 Å². The van der Waals surface area contributed by atoms with Crippen molar-refractivity contribution in [2.75, 3.05) is 19.6 Å². The molecule has 2 aromatic rings. The molecule has 3 fully saturated rings. The lowest BCUT2D eigenvalue weighted by Crippen LogP contribution is -2.78. The van der Waals surface area contributed by atoms with Crippen LogP contribution in [0.4, 0.5) is 13.2 Å². The number of ether oxygens (including phenoxy) is 3. The van der Waals surface area contributed by atoms with Crippen LogP contribution < -0.4 is 14.2 Å². The SMILES string of the molecule is CC(=O)Oc1ccc2c3c1O[C@H]1[C@H](N(CC(C)C)C(=O)C=Cc4cccc(OC(F)(F)F)c4)CC[C@@]4(O)[C@@H](C2)N(CC2CC2)CC[C@]314. The molecule has 5 atom stereocenters. The van der Waals surface area contributed by atoms with Crippen molar-refractivity contribution in [3.05, 3.63) is 59.2 Å². The fourth-order valence-electron chi connectivity index (χ4n) is 8.86. The standard InChI is InChI=1S/C36H41F3N2O6/c1-21(2)19-41(30(43)12-9-23-5-4-6-26(17-23)47-36(37,38)39)27-13-14-35(44)29-18-25-10-11-28(45-22(3)42)32-31(25)34(35,33(27)46-32)15-16-40(29)20-24-7-8-24/h4-6,9-12,17,21,24,27,29,33,44H,7-8,13-16,18-20H2,1-3H3/t27-,29-,33+,34+,35-/m1/s1. The van der Waals surface area contributed by atoms with Gasteiger partial charge in [-0.2, -0.15) is 0 Å². The van der Waals surface area contributed by atoms with Crippen LogP contribution in [0.2, 0.25) is 0 Å². The number of hydrogen-bond acceptors (Lipinski definition) is 7. The molecule has 11 heteroatoms. The van der Waals surface area contributed by atoms with Crippen molar-refractivity contribution in [3.8, 4) is 17.2 Å². The van der Waals surface area contributed by atoms with Crippen molar-refractivity contribution in [2.45, 2.75) is 94.9 Å². The maximum absolute atomic E-state index is 14.1. The lowest BCUT2D eigenvalue weighted by molar-refractivity contribution is -0.274. The Morgan fingerprint density at radius 1 is 1.17 bits per heavy atom. The van der Waals surface area contributed by atoms with Gasteiger partial charge in [-0.1, -0.05) is 32.0 Å². The summed E-state index contributed by atoms with van der Waals surface area (Å²) in [5.74, 6) is 0.431. The largest absolute Gasteiger partial charge is 0.573 e. The van der Waals surface area contributed by atoms with Gasteiger partial charge in [-0.3, -0.25) is 14.5 Å². The Labute approximate surface area is 272 Å². The minimum atomic E-state index is -4.82. The van der Waals surface area contributed by atoms with Crippen LogP contribution in [0.1, 0.15) is 69.6 Å². The molecule has 2 bridgehead atoms. The van der Waals surface area contributed by atoms with Gasteiger partial charge in [-0.25, -0.2) is 0 Å². The predicted octanol–water partition coefficient (Wildman–Crippen LogP) is 5.64. The highest BCUT2D eigenvalue weighted by atomic mass is 19.4. The van der Waals surface area contributed by atoms with Gasteiger partial charge in [0.05, 0.1) is 17.1 Å². The average Bonchev–Trinajstić information content (AvgIpc) is 3.73. The molecular formula is C36H41F3N2O6. The van der Waals surface area contributed by atoms with E-state index in [1.54, 1.807) is 17.0 Å². The molecule has 5 aliphatic rings. The zero-order valence-electron chi connectivity index (χ0n) is 26.9. The molecule has 2 aromatic carbocycles. The second-order valence-corrected chi connectivity index (χ2v) is 14.3. The van der Waals surface area contributed by atoms with Gasteiger partial charge in [0, 0.05) is 37.7 Å². The molecular weight excluding hydrogens is 613 g/mol. The number of aliphatic hydroxyl groups is 1. The smallest absolute Gasteiger partial charge is 0.483 e. The number of alkyl halides is 3. The van der Waals surface area contributed by atoms with Crippen LogP contribution in [-0.2, 0) is 21.4 Å². The monoisotopic (exact) mass is 654 g/mol. The van der Waals surface area contributed by atoms with Gasteiger partial charge in [-0.15, -0.1) is 13.2 Å². The highest BCUT2D eigenvalue weighted by Gasteiger charge is 2.73. The van der Waals surface area contributed by atoms with Crippen LogP contribution in [0, 0.1) is 11.8 Å². The van der Waals surface area contributed by atoms with E-state index in [1.165, 1.54) is 50.1 Å². The molecule has 1 amide bonds. The normalized spacial score (nSPS) is 29.4. The molecule has 7 rings (SSSR count). The summed E-state index contributed by atoms with van der Waals surface area (Å²) in [6.45, 7) is 7.56. The summed E-state index contributed by atoms with van der Waals surface area (Å²) in [5.41, 5.74) is 0.471. The third-order valence-electron chi connectivity index (χ3n) is 10.7. The molecule has 2 aliphatic heterocycles. The Hall–Kier alpha value is -3.57. The van der Waals surface area contributed by atoms with Gasteiger partial charge < -0.3 is 24.2 Å². The Morgan fingerprint density at radius 3 is 2.66 bits per heavy atom. The molecule has 1 spiro atoms. The van der Waals surface area contributed by atoms with Crippen molar-refractivity contribution < 1.29 is 42.1 Å². The van der Waals surface area contributed by atoms with Gasteiger partial charge in [-0.05, 0) is 92.3 Å². The summed E-state index contributed by atoms with van der Waals surface area (Å²) in [6.07, 6.45) is 2.18. The summed E-state index contributed by atoms with van der Waals surface area (Å²) in [5, 5.41) is 12.9. The Balaban J connectivity index is 1.26. The molecule has 0 aromatic heterocycles. The molecule has 0 radical (unpaired) electrons. The fraction of sp³-hybridized carbons (Fsp3) is 0.556. The van der Waals surface area contributed by atoms with E-state index in [1.807, 2.05) is 19.9 Å². The molecule has 8 nitrogen and oxygen atoms in total. The van der Waals surface area contributed by atoms with E-state index in [9.17, 15) is 27.9 Å². The number of benzene rings is 2. The molecule has 3 aliphatic carbocycles. The first-order valence-electron chi connectivity index (χ1n) is 16.6. The average molecular weight is 655 g/mol. The molecule has 47 heavy (non-hydrogen) atoms. The number of piperidine rings is 1. The molecule has 1 N–H and O–H groups in total. The summed E-state index contributed by atoms with van der Waals surface area (Å²) < 4.78 is 55.0. The van der Waals surface area contributed by atoms with E-state index in [0.717, 1.165) is 24.2 Å². The van der Waals surface area contributed by atoms with E-state index in [-0.39, 0.29) is 23.6 Å². The summed E-state index contributed by atoms with van der Waals surface area (Å²) >= 11 is 0. The highest BCUT2D eigenvalue weighted by molar-refractivity contribution is 5.92. The minimum Gasteiger partial charge on any atom is -0.483 e. The van der Waals surface area contributed by atoms with E-state index in [2.05, 4.69) is 9.64 Å². The third-order valence-corrected chi connectivity index (χ3v) is 10.7. The van der Waals surface area contributed by atoms with Crippen LogP contribution in [-0.4, -0.2) is 76.6 Å². The van der Waals surface area contributed by atoms with Gasteiger partial charge in [0.15, 0.2) is 11.5 Å². The second-order valence-electron chi connectivity index (χ2n) is 14.3. The van der Waals surface area contributed by atoms with Crippen LogP contribution in [0.15, 0.2) is 42.5 Å². The van der Waals surface area contributed by atoms with Gasteiger partial charge in [0.1, 0.15) is 11.9 Å². The van der Waals surface area contributed by atoms with Crippen LogP contribution >= 0.6 is 0 Å². The maximum Gasteiger partial charge on any atom is 0.573 e. The number of esters is 1. The van der Waals surface area contributed by atoms with Crippen molar-refractivity contribution in [2.24, 2.45) is 11.8 Å². The summed E-state index contributed by atoms with van der Waals surface area (Å²) in [4.78, 5) is 30.5. The quantitative estimate of drug-likeness (QED) is 0.213. The van der Waals surface area contributed by atoms with Gasteiger partial charge in [0.2, 0.25) is 5.91 Å². The lowest BCUT2D eigenvalue weighted by Gasteiger charge is -2.65. The molecule has 0 unspecified atom stereocenters. The fourth-order valence-corrected chi connectivity index (χ4v) is 8.86. The first-order valence-corrected chi connectivity index (χ1v) is 16.6.